The van der Waals surface area contributed by atoms with Gasteiger partial charge in [-0.15, -0.1) is 0 Å². The van der Waals surface area contributed by atoms with Crippen LogP contribution in [0.3, 0.4) is 0 Å². The van der Waals surface area contributed by atoms with Crippen molar-refractivity contribution in [1.29, 1.82) is 0 Å². The Morgan fingerprint density at radius 3 is 2.38 bits per heavy atom. The molecule has 2 aromatic carbocycles. The molecule has 1 heterocycles. The molecule has 132 valence electrons. The minimum atomic E-state index is -0.242. The largest absolute Gasteiger partial charge is 0.350 e. The SMILES string of the molecule is Cc1cc(C(=O)NCc2ccc(Cl)cc2)nc(NCc2ccccc2)n1. The topological polar surface area (TPSA) is 66.9 Å². The number of nitrogens with one attached hydrogen (secondary N) is 2. The van der Waals surface area contributed by atoms with Crippen molar-refractivity contribution in [3.05, 3.63) is 88.2 Å². The summed E-state index contributed by atoms with van der Waals surface area (Å²) in [6, 6.07) is 19.0. The molecule has 0 saturated heterocycles. The molecule has 0 aliphatic carbocycles. The fraction of sp³-hybridized carbons (Fsp3) is 0.150. The summed E-state index contributed by atoms with van der Waals surface area (Å²) in [6.07, 6.45) is 0. The lowest BCUT2D eigenvalue weighted by molar-refractivity contribution is 0.0945. The Hall–Kier alpha value is -2.92. The molecule has 0 aliphatic heterocycles. The van der Waals surface area contributed by atoms with Crippen molar-refractivity contribution in [2.75, 3.05) is 5.32 Å². The van der Waals surface area contributed by atoms with Crippen molar-refractivity contribution in [1.82, 2.24) is 15.3 Å². The van der Waals surface area contributed by atoms with Gasteiger partial charge in [-0.05, 0) is 36.2 Å². The summed E-state index contributed by atoms with van der Waals surface area (Å²) in [4.78, 5) is 21.1. The van der Waals surface area contributed by atoms with Crippen LogP contribution in [0.5, 0.6) is 0 Å². The van der Waals surface area contributed by atoms with E-state index in [0.717, 1.165) is 16.8 Å². The van der Waals surface area contributed by atoms with Crippen LogP contribution in [0, 0.1) is 6.92 Å². The number of carbonyl (C=O) groups excluding carboxylic acids is 1. The fourth-order valence-electron chi connectivity index (χ4n) is 2.42. The maximum Gasteiger partial charge on any atom is 0.270 e. The average molecular weight is 367 g/mol. The van der Waals surface area contributed by atoms with Crippen LogP contribution in [-0.2, 0) is 13.1 Å². The number of rotatable bonds is 6. The monoisotopic (exact) mass is 366 g/mol. The number of hydrogen-bond donors (Lipinski definition) is 2. The van der Waals surface area contributed by atoms with Gasteiger partial charge in [0.25, 0.3) is 5.91 Å². The molecule has 0 atom stereocenters. The minimum Gasteiger partial charge on any atom is -0.350 e. The first kappa shape index (κ1) is 17.9. The molecule has 1 amide bonds. The smallest absolute Gasteiger partial charge is 0.270 e. The molecule has 6 heteroatoms. The summed E-state index contributed by atoms with van der Waals surface area (Å²) in [7, 11) is 0. The van der Waals surface area contributed by atoms with E-state index in [2.05, 4.69) is 20.6 Å². The second-order valence-electron chi connectivity index (χ2n) is 5.87. The van der Waals surface area contributed by atoms with Crippen LogP contribution < -0.4 is 10.6 Å². The summed E-state index contributed by atoms with van der Waals surface area (Å²) in [5.41, 5.74) is 3.15. The maximum absolute atomic E-state index is 12.4. The number of benzene rings is 2. The molecule has 0 bridgehead atoms. The van der Waals surface area contributed by atoms with Crippen LogP contribution in [0.15, 0.2) is 60.7 Å². The molecule has 26 heavy (non-hydrogen) atoms. The third-order valence-corrected chi connectivity index (χ3v) is 4.00. The first-order valence-corrected chi connectivity index (χ1v) is 8.64. The molecule has 0 unspecified atom stereocenters. The molecular formula is C20H19ClN4O. The van der Waals surface area contributed by atoms with E-state index in [1.807, 2.05) is 49.4 Å². The molecule has 0 saturated carbocycles. The summed E-state index contributed by atoms with van der Waals surface area (Å²) < 4.78 is 0. The maximum atomic E-state index is 12.4. The van der Waals surface area contributed by atoms with E-state index in [4.69, 9.17) is 11.6 Å². The molecule has 0 aliphatic rings. The van der Waals surface area contributed by atoms with Gasteiger partial charge in [0.1, 0.15) is 5.69 Å². The lowest BCUT2D eigenvalue weighted by atomic mass is 10.2. The van der Waals surface area contributed by atoms with Crippen LogP contribution in [0.25, 0.3) is 0 Å². The predicted octanol–water partition coefficient (Wildman–Crippen LogP) is 3.98. The number of amides is 1. The zero-order valence-corrected chi connectivity index (χ0v) is 15.1. The molecule has 0 spiro atoms. The van der Waals surface area contributed by atoms with Crippen LogP contribution in [0.1, 0.15) is 27.3 Å². The summed E-state index contributed by atoms with van der Waals surface area (Å²) in [6.45, 7) is 2.84. The normalized spacial score (nSPS) is 10.4. The zero-order valence-electron chi connectivity index (χ0n) is 14.4. The quantitative estimate of drug-likeness (QED) is 0.692. The van der Waals surface area contributed by atoms with Gasteiger partial charge in [0, 0.05) is 23.8 Å². The highest BCUT2D eigenvalue weighted by Gasteiger charge is 2.10. The van der Waals surface area contributed by atoms with E-state index in [9.17, 15) is 4.79 Å². The molecule has 5 nitrogen and oxygen atoms in total. The van der Waals surface area contributed by atoms with Crippen molar-refractivity contribution < 1.29 is 4.79 Å². The predicted molar refractivity (Wildman–Crippen MR) is 103 cm³/mol. The Morgan fingerprint density at radius 2 is 1.65 bits per heavy atom. The molecular weight excluding hydrogens is 348 g/mol. The summed E-state index contributed by atoms with van der Waals surface area (Å²) >= 11 is 5.87. The van der Waals surface area contributed by atoms with Crippen molar-refractivity contribution in [3.63, 3.8) is 0 Å². The van der Waals surface area contributed by atoms with Gasteiger partial charge < -0.3 is 10.6 Å². The van der Waals surface area contributed by atoms with Crippen LogP contribution in [-0.4, -0.2) is 15.9 Å². The van der Waals surface area contributed by atoms with Crippen LogP contribution in [0.2, 0.25) is 5.02 Å². The Labute approximate surface area is 157 Å². The highest BCUT2D eigenvalue weighted by atomic mass is 35.5. The van der Waals surface area contributed by atoms with E-state index in [-0.39, 0.29) is 5.91 Å². The van der Waals surface area contributed by atoms with Gasteiger partial charge >= 0.3 is 0 Å². The van der Waals surface area contributed by atoms with Gasteiger partial charge in [-0.1, -0.05) is 54.1 Å². The van der Waals surface area contributed by atoms with Crippen molar-refractivity contribution >= 4 is 23.5 Å². The van der Waals surface area contributed by atoms with E-state index >= 15 is 0 Å². The number of nitrogens with zero attached hydrogens (tertiary/aromatic N) is 2. The first-order chi connectivity index (χ1) is 12.6. The third-order valence-electron chi connectivity index (χ3n) is 3.75. The second kappa shape index (κ2) is 8.45. The number of aryl methyl sites for hydroxylation is 1. The van der Waals surface area contributed by atoms with Gasteiger partial charge in [-0.25, -0.2) is 9.97 Å². The molecule has 0 radical (unpaired) electrons. The van der Waals surface area contributed by atoms with E-state index < -0.39 is 0 Å². The average Bonchev–Trinajstić information content (AvgIpc) is 2.66. The Kier molecular flexibility index (Phi) is 5.81. The number of carbonyl (C=O) groups is 1. The number of hydrogen-bond acceptors (Lipinski definition) is 4. The van der Waals surface area contributed by atoms with E-state index in [0.29, 0.717) is 29.8 Å². The molecule has 1 aromatic heterocycles. The van der Waals surface area contributed by atoms with Crippen molar-refractivity contribution in [2.45, 2.75) is 20.0 Å². The van der Waals surface area contributed by atoms with Crippen LogP contribution in [0.4, 0.5) is 5.95 Å². The van der Waals surface area contributed by atoms with Gasteiger partial charge in [0.2, 0.25) is 5.95 Å². The Morgan fingerprint density at radius 1 is 0.962 bits per heavy atom. The standard InChI is InChI=1S/C20H19ClN4O/c1-14-11-18(19(26)22-12-16-7-9-17(21)10-8-16)25-20(24-14)23-13-15-5-3-2-4-6-15/h2-11H,12-13H2,1H3,(H,22,26)(H,23,24,25). The summed E-state index contributed by atoms with van der Waals surface area (Å²) in [5, 5.41) is 6.69. The molecule has 0 fully saturated rings. The third kappa shape index (κ3) is 5.04. The lowest BCUT2D eigenvalue weighted by Crippen LogP contribution is -2.24. The minimum absolute atomic E-state index is 0.242. The highest BCUT2D eigenvalue weighted by molar-refractivity contribution is 6.30. The molecule has 3 aromatic rings. The van der Waals surface area contributed by atoms with Gasteiger partial charge in [-0.3, -0.25) is 4.79 Å². The van der Waals surface area contributed by atoms with Crippen LogP contribution >= 0.6 is 11.6 Å². The number of aromatic nitrogens is 2. The van der Waals surface area contributed by atoms with Gasteiger partial charge in [0.05, 0.1) is 0 Å². The lowest BCUT2D eigenvalue weighted by Gasteiger charge is -2.09. The van der Waals surface area contributed by atoms with Gasteiger partial charge in [-0.2, -0.15) is 0 Å². The van der Waals surface area contributed by atoms with E-state index in [1.54, 1.807) is 18.2 Å². The van der Waals surface area contributed by atoms with Crippen molar-refractivity contribution in [3.8, 4) is 0 Å². The molecule has 2 N–H and O–H groups in total. The van der Waals surface area contributed by atoms with Crippen molar-refractivity contribution in [2.24, 2.45) is 0 Å². The molecule has 3 rings (SSSR count). The van der Waals surface area contributed by atoms with Gasteiger partial charge in [0.15, 0.2) is 0 Å². The Balaban J connectivity index is 1.64. The summed E-state index contributed by atoms with van der Waals surface area (Å²) in [5.74, 6) is 0.193. The highest BCUT2D eigenvalue weighted by Crippen LogP contribution is 2.10. The number of halogens is 1. The first-order valence-electron chi connectivity index (χ1n) is 8.26. The second-order valence-corrected chi connectivity index (χ2v) is 6.30. The zero-order chi connectivity index (χ0) is 18.4. The fourth-order valence-corrected chi connectivity index (χ4v) is 2.54. The van der Waals surface area contributed by atoms with E-state index in [1.165, 1.54) is 0 Å². The number of anilines is 1. The Bertz CT molecular complexity index is 882.